The van der Waals surface area contributed by atoms with Crippen LogP contribution in [0.25, 0.3) is 16.9 Å². The van der Waals surface area contributed by atoms with Crippen LogP contribution in [0, 0.1) is 13.8 Å². The lowest BCUT2D eigenvalue weighted by Gasteiger charge is -2.11. The van der Waals surface area contributed by atoms with Crippen LogP contribution in [0.15, 0.2) is 83.2 Å². The highest BCUT2D eigenvalue weighted by Crippen LogP contribution is 2.26. The number of hydrogen-bond donors (Lipinski definition) is 0. The number of thiazole rings is 1. The molecule has 0 aliphatic rings. The van der Waals surface area contributed by atoms with Crippen molar-refractivity contribution in [2.45, 2.75) is 13.8 Å². The number of ether oxygens (including phenoxy) is 1. The Kier molecular flexibility index (Phi) is 6.72. The van der Waals surface area contributed by atoms with Crippen molar-refractivity contribution >= 4 is 17.0 Å². The van der Waals surface area contributed by atoms with Gasteiger partial charge in [-0.05, 0) is 79.1 Å². The molecule has 0 unspecified atom stereocenters. The van der Waals surface area contributed by atoms with Gasteiger partial charge in [0.2, 0.25) is 0 Å². The largest absolute Gasteiger partial charge is 1.00 e. The maximum atomic E-state index is 5.31. The average Bonchev–Trinajstić information content (AvgIpc) is 3.11. The summed E-state index contributed by atoms with van der Waals surface area (Å²) in [6.45, 7) is 4.20. The van der Waals surface area contributed by atoms with E-state index >= 15 is 0 Å². The van der Waals surface area contributed by atoms with Crippen molar-refractivity contribution in [3.05, 3.63) is 94.1 Å². The molecule has 5 heteroatoms. The number of aromatic nitrogens is 1. The molecule has 1 aromatic heterocycles. The van der Waals surface area contributed by atoms with Gasteiger partial charge in [0.05, 0.1) is 18.5 Å². The molecule has 0 N–H and O–H groups in total. The average molecular weight is 466 g/mol. The standard InChI is InChI=1S/C24H22N2OS.BrH/c1-17-6-4-8-20(14-17)25-24-26(21-9-5-7-18(2)15-21)23(16-28-24)19-10-12-22(27-3)13-11-19;/h4-16H,1-3H3;1H/p-1. The molecule has 1 heterocycles. The summed E-state index contributed by atoms with van der Waals surface area (Å²) in [5.74, 6) is 0.853. The van der Waals surface area contributed by atoms with Gasteiger partial charge < -0.3 is 21.7 Å². The van der Waals surface area contributed by atoms with Crippen molar-refractivity contribution in [1.82, 2.24) is 4.57 Å². The highest BCUT2D eigenvalue weighted by atomic mass is 79.9. The van der Waals surface area contributed by atoms with Crippen LogP contribution >= 0.6 is 11.3 Å². The SMILES string of the molecule is COc1ccc(-c2csc(=Nc3cccc(C)c3)n2-c2cccc(C)c2)cc1.[Br-]. The van der Waals surface area contributed by atoms with Gasteiger partial charge in [0.15, 0.2) is 4.80 Å². The lowest BCUT2D eigenvalue weighted by Crippen LogP contribution is -3.00. The number of halogens is 1. The molecule has 0 radical (unpaired) electrons. The number of methoxy groups -OCH3 is 1. The van der Waals surface area contributed by atoms with E-state index in [1.165, 1.54) is 11.1 Å². The summed E-state index contributed by atoms with van der Waals surface area (Å²) in [6, 6.07) is 25.0. The highest BCUT2D eigenvalue weighted by molar-refractivity contribution is 7.07. The van der Waals surface area contributed by atoms with Crippen LogP contribution in [0.2, 0.25) is 0 Å². The van der Waals surface area contributed by atoms with Gasteiger partial charge in [-0.25, -0.2) is 4.99 Å². The molecule has 0 saturated heterocycles. The molecule has 0 amide bonds. The maximum Gasteiger partial charge on any atom is 0.195 e. The molecule has 0 aliphatic carbocycles. The molecule has 148 valence electrons. The number of nitrogens with zero attached hydrogens (tertiary/aromatic N) is 2. The topological polar surface area (TPSA) is 26.5 Å². The Hall–Kier alpha value is -2.63. The van der Waals surface area contributed by atoms with E-state index in [0.29, 0.717) is 0 Å². The number of hydrogen-bond acceptors (Lipinski definition) is 3. The van der Waals surface area contributed by atoms with Gasteiger partial charge in [-0.3, -0.25) is 4.57 Å². The number of rotatable bonds is 4. The van der Waals surface area contributed by atoms with Crippen molar-refractivity contribution in [3.63, 3.8) is 0 Å². The van der Waals surface area contributed by atoms with E-state index in [0.717, 1.165) is 33.2 Å². The Morgan fingerprint density at radius 1 is 0.862 bits per heavy atom. The van der Waals surface area contributed by atoms with Crippen LogP contribution in [-0.2, 0) is 0 Å². The Bertz CT molecular complexity index is 1180. The van der Waals surface area contributed by atoms with E-state index in [2.05, 4.69) is 72.3 Å². The smallest absolute Gasteiger partial charge is 0.195 e. The first-order chi connectivity index (χ1) is 13.6. The van der Waals surface area contributed by atoms with Crippen molar-refractivity contribution in [2.75, 3.05) is 7.11 Å². The van der Waals surface area contributed by atoms with Gasteiger partial charge >= 0.3 is 0 Å². The summed E-state index contributed by atoms with van der Waals surface area (Å²) in [6.07, 6.45) is 0. The van der Waals surface area contributed by atoms with Gasteiger partial charge in [0.1, 0.15) is 5.75 Å². The lowest BCUT2D eigenvalue weighted by atomic mass is 10.1. The zero-order valence-electron chi connectivity index (χ0n) is 16.6. The Morgan fingerprint density at radius 2 is 1.55 bits per heavy atom. The van der Waals surface area contributed by atoms with Crippen LogP contribution in [0.3, 0.4) is 0 Å². The second-order valence-corrected chi connectivity index (χ2v) is 7.59. The second kappa shape index (κ2) is 9.25. The highest BCUT2D eigenvalue weighted by Gasteiger charge is 2.11. The minimum atomic E-state index is 0. The van der Waals surface area contributed by atoms with E-state index in [4.69, 9.17) is 9.73 Å². The van der Waals surface area contributed by atoms with Gasteiger partial charge in [-0.15, -0.1) is 11.3 Å². The van der Waals surface area contributed by atoms with Crippen LogP contribution in [0.1, 0.15) is 11.1 Å². The molecule has 4 rings (SSSR count). The molecule has 0 aliphatic heterocycles. The Morgan fingerprint density at radius 3 is 2.21 bits per heavy atom. The third-order valence-electron chi connectivity index (χ3n) is 4.58. The monoisotopic (exact) mass is 465 g/mol. The summed E-state index contributed by atoms with van der Waals surface area (Å²) in [5.41, 5.74) is 6.74. The number of benzene rings is 3. The molecule has 0 bridgehead atoms. The first-order valence-corrected chi connectivity index (χ1v) is 10.1. The lowest BCUT2D eigenvalue weighted by molar-refractivity contribution is -0.00000602. The molecule has 0 spiro atoms. The Labute approximate surface area is 185 Å². The van der Waals surface area contributed by atoms with E-state index in [1.807, 2.05) is 24.3 Å². The predicted octanol–water partition coefficient (Wildman–Crippen LogP) is 3.07. The van der Waals surface area contributed by atoms with Gasteiger partial charge in [0.25, 0.3) is 0 Å². The molecular weight excluding hydrogens is 444 g/mol. The van der Waals surface area contributed by atoms with Crippen LogP contribution in [-0.4, -0.2) is 11.7 Å². The fraction of sp³-hybridized carbons (Fsp3) is 0.125. The Balaban J connectivity index is 0.00000240. The third kappa shape index (κ3) is 4.69. The molecule has 0 atom stereocenters. The summed E-state index contributed by atoms with van der Waals surface area (Å²) >= 11 is 1.65. The molecule has 29 heavy (non-hydrogen) atoms. The fourth-order valence-electron chi connectivity index (χ4n) is 3.18. The number of aryl methyl sites for hydroxylation is 2. The third-order valence-corrected chi connectivity index (χ3v) is 5.41. The van der Waals surface area contributed by atoms with Gasteiger partial charge in [0, 0.05) is 11.1 Å². The fourth-order valence-corrected chi connectivity index (χ4v) is 4.10. The van der Waals surface area contributed by atoms with Crippen molar-refractivity contribution < 1.29 is 21.7 Å². The van der Waals surface area contributed by atoms with E-state index < -0.39 is 0 Å². The molecular formula is C24H22BrN2OS-. The molecule has 3 nitrogen and oxygen atoms in total. The normalized spacial score (nSPS) is 11.2. The van der Waals surface area contributed by atoms with Gasteiger partial charge in [-0.2, -0.15) is 0 Å². The summed E-state index contributed by atoms with van der Waals surface area (Å²) in [7, 11) is 1.69. The van der Waals surface area contributed by atoms with E-state index in [9.17, 15) is 0 Å². The van der Waals surface area contributed by atoms with Crippen LogP contribution in [0.5, 0.6) is 5.75 Å². The first kappa shape index (κ1) is 21.1. The predicted molar refractivity (Wildman–Crippen MR) is 117 cm³/mol. The first-order valence-electron chi connectivity index (χ1n) is 9.17. The summed E-state index contributed by atoms with van der Waals surface area (Å²) in [4.78, 5) is 5.89. The van der Waals surface area contributed by atoms with Crippen molar-refractivity contribution in [3.8, 4) is 22.7 Å². The molecule has 4 aromatic rings. The van der Waals surface area contributed by atoms with Crippen molar-refractivity contribution in [2.24, 2.45) is 4.99 Å². The second-order valence-electron chi connectivity index (χ2n) is 6.76. The summed E-state index contributed by atoms with van der Waals surface area (Å²) in [5, 5.41) is 2.17. The summed E-state index contributed by atoms with van der Waals surface area (Å²) < 4.78 is 7.53. The molecule has 0 fully saturated rings. The maximum absolute atomic E-state index is 5.31. The zero-order chi connectivity index (χ0) is 19.5. The molecule has 0 saturated carbocycles. The molecule has 3 aromatic carbocycles. The van der Waals surface area contributed by atoms with Crippen LogP contribution < -0.4 is 26.5 Å². The van der Waals surface area contributed by atoms with E-state index in [1.54, 1.807) is 18.4 Å². The minimum absolute atomic E-state index is 0. The van der Waals surface area contributed by atoms with Crippen molar-refractivity contribution in [1.29, 1.82) is 0 Å². The zero-order valence-corrected chi connectivity index (χ0v) is 19.0. The minimum Gasteiger partial charge on any atom is -1.00 e. The quantitative estimate of drug-likeness (QED) is 0.454. The van der Waals surface area contributed by atoms with Crippen LogP contribution in [0.4, 0.5) is 5.69 Å². The van der Waals surface area contributed by atoms with E-state index in [-0.39, 0.29) is 17.0 Å². The van der Waals surface area contributed by atoms with Gasteiger partial charge in [-0.1, -0.05) is 24.3 Å².